The van der Waals surface area contributed by atoms with E-state index < -0.39 is 0 Å². The summed E-state index contributed by atoms with van der Waals surface area (Å²) in [5, 5.41) is 6.00. The summed E-state index contributed by atoms with van der Waals surface area (Å²) in [4.78, 5) is 33.7. The molecule has 3 heterocycles. The first-order chi connectivity index (χ1) is 17.0. The number of aryl methyl sites for hydroxylation is 1. The Balaban J connectivity index is 1.22. The number of carbonyl (C=O) groups excluding carboxylic acids is 1. The first kappa shape index (κ1) is 22.7. The third kappa shape index (κ3) is 4.61. The molecule has 1 saturated heterocycles. The Kier molecular flexibility index (Phi) is 5.89. The van der Waals surface area contributed by atoms with Crippen molar-refractivity contribution in [3.63, 3.8) is 0 Å². The molecule has 1 amide bonds. The van der Waals surface area contributed by atoms with Gasteiger partial charge in [-0.1, -0.05) is 0 Å². The van der Waals surface area contributed by atoms with Gasteiger partial charge in [-0.05, 0) is 69.1 Å². The van der Waals surface area contributed by atoms with Gasteiger partial charge in [0.15, 0.2) is 0 Å². The molecule has 3 fully saturated rings. The van der Waals surface area contributed by atoms with Crippen molar-refractivity contribution >= 4 is 27.7 Å². The molecule has 2 saturated carbocycles. The molecule has 0 bridgehead atoms. The van der Waals surface area contributed by atoms with Crippen LogP contribution >= 0.6 is 0 Å². The van der Waals surface area contributed by atoms with Gasteiger partial charge in [-0.25, -0.2) is 0 Å². The number of hydrogen-bond acceptors (Lipinski definition) is 5. The van der Waals surface area contributed by atoms with Gasteiger partial charge in [0, 0.05) is 56.3 Å². The van der Waals surface area contributed by atoms with Gasteiger partial charge in [-0.3, -0.25) is 19.2 Å². The summed E-state index contributed by atoms with van der Waals surface area (Å²) in [5.74, 6) is 1.49. The number of carbonyl (C=O) groups is 1. The number of fused-ring (bicyclic) bond motifs is 3. The van der Waals surface area contributed by atoms with E-state index in [4.69, 9.17) is 4.74 Å². The van der Waals surface area contributed by atoms with E-state index in [1.54, 1.807) is 6.20 Å². The molecular weight excluding hydrogens is 442 g/mol. The number of amides is 1. The van der Waals surface area contributed by atoms with E-state index in [1.807, 2.05) is 28.6 Å². The molecule has 3 aliphatic rings. The maximum Gasteiger partial charge on any atom is 0.259 e. The fourth-order valence-electron chi connectivity index (χ4n) is 5.34. The van der Waals surface area contributed by atoms with Gasteiger partial charge < -0.3 is 14.6 Å². The zero-order valence-corrected chi connectivity index (χ0v) is 20.8. The molecule has 186 valence electrons. The highest BCUT2D eigenvalue weighted by Gasteiger charge is 2.29. The topological polar surface area (TPSA) is 83.5 Å². The summed E-state index contributed by atoms with van der Waals surface area (Å²) in [6.45, 7) is 9.82. The quantitative estimate of drug-likeness (QED) is 0.504. The van der Waals surface area contributed by atoms with E-state index in [0.29, 0.717) is 36.0 Å². The van der Waals surface area contributed by atoms with Crippen LogP contribution in [0.3, 0.4) is 0 Å². The Hall–Kier alpha value is -2.71. The summed E-state index contributed by atoms with van der Waals surface area (Å²) >= 11 is 0. The van der Waals surface area contributed by atoms with E-state index in [1.165, 1.54) is 25.7 Å². The summed E-state index contributed by atoms with van der Waals surface area (Å²) in [6.07, 6.45) is 6.71. The van der Waals surface area contributed by atoms with Gasteiger partial charge in [0.05, 0.1) is 29.2 Å². The molecule has 1 aromatic carbocycles. The van der Waals surface area contributed by atoms with Crippen LogP contribution in [0.25, 0.3) is 21.8 Å². The molecule has 35 heavy (non-hydrogen) atoms. The summed E-state index contributed by atoms with van der Waals surface area (Å²) < 4.78 is 7.79. The summed E-state index contributed by atoms with van der Waals surface area (Å²) in [5.41, 5.74) is 3.07. The maximum atomic E-state index is 13.7. The maximum absolute atomic E-state index is 13.7. The number of nitrogens with one attached hydrogen (secondary N) is 1. The van der Waals surface area contributed by atoms with E-state index in [9.17, 15) is 9.59 Å². The molecule has 8 heteroatoms. The normalized spacial score (nSPS) is 21.3. The number of H-pyrrole nitrogens is 1. The summed E-state index contributed by atoms with van der Waals surface area (Å²) in [7, 11) is 0. The Morgan fingerprint density at radius 1 is 1.14 bits per heavy atom. The molecule has 2 aliphatic carbocycles. The SMILES string of the molecule is Cc1cc2[nH]c(=O)c3cnn(CC4CC4)c3c2cc1C(=O)N1CCN(CCOCC2CC2)[C@@H](C)C1. The van der Waals surface area contributed by atoms with Gasteiger partial charge in [0.1, 0.15) is 0 Å². The van der Waals surface area contributed by atoms with Crippen molar-refractivity contribution < 1.29 is 9.53 Å². The van der Waals surface area contributed by atoms with Crippen LogP contribution in [0, 0.1) is 18.8 Å². The highest BCUT2D eigenvalue weighted by Crippen LogP contribution is 2.33. The Bertz CT molecular complexity index is 1320. The fraction of sp³-hybridized carbons (Fsp3) is 0.593. The number of benzene rings is 1. The molecular formula is C27H35N5O3. The molecule has 1 atom stereocenters. The molecule has 0 radical (unpaired) electrons. The highest BCUT2D eigenvalue weighted by molar-refractivity contribution is 6.07. The van der Waals surface area contributed by atoms with Crippen LogP contribution in [-0.2, 0) is 11.3 Å². The van der Waals surface area contributed by atoms with Crippen molar-refractivity contribution in [3.8, 4) is 0 Å². The Morgan fingerprint density at radius 3 is 2.69 bits per heavy atom. The van der Waals surface area contributed by atoms with Gasteiger partial charge >= 0.3 is 0 Å². The second-order valence-corrected chi connectivity index (χ2v) is 10.9. The fourth-order valence-corrected chi connectivity index (χ4v) is 5.34. The van der Waals surface area contributed by atoms with E-state index >= 15 is 0 Å². The number of hydrogen-bond donors (Lipinski definition) is 1. The molecule has 8 nitrogen and oxygen atoms in total. The van der Waals surface area contributed by atoms with Gasteiger partial charge in [0.2, 0.25) is 0 Å². The predicted molar refractivity (Wildman–Crippen MR) is 136 cm³/mol. The van der Waals surface area contributed by atoms with Crippen molar-refractivity contribution in [2.24, 2.45) is 11.8 Å². The van der Waals surface area contributed by atoms with Crippen LogP contribution in [-0.4, -0.2) is 75.9 Å². The van der Waals surface area contributed by atoms with Gasteiger partial charge in [-0.15, -0.1) is 0 Å². The molecule has 1 aliphatic heterocycles. The van der Waals surface area contributed by atoms with Crippen LogP contribution in [0.15, 0.2) is 23.1 Å². The minimum Gasteiger partial charge on any atom is -0.380 e. The summed E-state index contributed by atoms with van der Waals surface area (Å²) in [6, 6.07) is 4.20. The predicted octanol–water partition coefficient (Wildman–Crippen LogP) is 3.17. The smallest absolute Gasteiger partial charge is 0.259 e. The zero-order valence-electron chi connectivity index (χ0n) is 20.8. The van der Waals surface area contributed by atoms with Crippen molar-refractivity contribution in [1.82, 2.24) is 24.6 Å². The largest absolute Gasteiger partial charge is 0.380 e. The molecule has 2 aromatic heterocycles. The van der Waals surface area contributed by atoms with Crippen molar-refractivity contribution in [2.75, 3.05) is 39.4 Å². The number of piperazine rings is 1. The Labute approximate surface area is 205 Å². The van der Waals surface area contributed by atoms with Crippen molar-refractivity contribution in [1.29, 1.82) is 0 Å². The average Bonchev–Trinajstić information content (AvgIpc) is 3.76. The minimum atomic E-state index is -0.126. The lowest BCUT2D eigenvalue weighted by molar-refractivity contribution is 0.0361. The first-order valence-electron chi connectivity index (χ1n) is 13.1. The lowest BCUT2D eigenvalue weighted by Gasteiger charge is -2.40. The number of aromatic amines is 1. The molecule has 1 N–H and O–H groups in total. The molecule has 6 rings (SSSR count). The zero-order chi connectivity index (χ0) is 24.1. The third-order valence-electron chi connectivity index (χ3n) is 7.94. The second-order valence-electron chi connectivity index (χ2n) is 10.9. The van der Waals surface area contributed by atoms with E-state index in [-0.39, 0.29) is 11.5 Å². The van der Waals surface area contributed by atoms with Crippen LogP contribution < -0.4 is 5.56 Å². The minimum absolute atomic E-state index is 0.0634. The van der Waals surface area contributed by atoms with Crippen LogP contribution in [0.5, 0.6) is 0 Å². The van der Waals surface area contributed by atoms with Crippen LogP contribution in [0.4, 0.5) is 0 Å². The lowest BCUT2D eigenvalue weighted by atomic mass is 10.0. The van der Waals surface area contributed by atoms with Gasteiger partial charge in [-0.2, -0.15) is 5.10 Å². The van der Waals surface area contributed by atoms with E-state index in [0.717, 1.165) is 60.7 Å². The van der Waals surface area contributed by atoms with E-state index in [2.05, 4.69) is 21.9 Å². The molecule has 0 spiro atoms. The number of nitrogens with zero attached hydrogens (tertiary/aromatic N) is 4. The van der Waals surface area contributed by atoms with Crippen LogP contribution in [0.1, 0.15) is 48.5 Å². The number of pyridine rings is 1. The number of rotatable bonds is 8. The first-order valence-corrected chi connectivity index (χ1v) is 13.1. The van der Waals surface area contributed by atoms with Crippen molar-refractivity contribution in [3.05, 3.63) is 39.8 Å². The average molecular weight is 478 g/mol. The molecule has 3 aromatic rings. The highest BCUT2D eigenvalue weighted by atomic mass is 16.5. The third-order valence-corrected chi connectivity index (χ3v) is 7.94. The second kappa shape index (κ2) is 9.06. The van der Waals surface area contributed by atoms with Crippen LogP contribution in [0.2, 0.25) is 0 Å². The van der Waals surface area contributed by atoms with Gasteiger partial charge in [0.25, 0.3) is 11.5 Å². The number of ether oxygens (including phenoxy) is 1. The Morgan fingerprint density at radius 2 is 1.94 bits per heavy atom. The monoisotopic (exact) mass is 477 g/mol. The van der Waals surface area contributed by atoms with Crippen molar-refractivity contribution in [2.45, 2.75) is 52.1 Å². The molecule has 0 unspecified atom stereocenters. The standard InChI is InChI=1S/C27H35N5O3/c1-17-11-24-22(25-23(26(33)29-24)13-28-32(25)15-19-3-4-19)12-21(17)27(34)31-8-7-30(18(2)14-31)9-10-35-16-20-5-6-20/h11-13,18-20H,3-10,14-16H2,1-2H3,(H,29,33)/t18-/m0/s1. The number of aromatic nitrogens is 3. The lowest BCUT2D eigenvalue weighted by Crippen LogP contribution is -2.54.